The van der Waals surface area contributed by atoms with Gasteiger partial charge in [0.15, 0.2) is 0 Å². The lowest BCUT2D eigenvalue weighted by Crippen LogP contribution is -2.19. The molecule has 0 spiro atoms. The fourth-order valence-electron chi connectivity index (χ4n) is 2.11. The van der Waals surface area contributed by atoms with Gasteiger partial charge in [0.1, 0.15) is 5.82 Å². The molecule has 1 atom stereocenters. The van der Waals surface area contributed by atoms with Crippen LogP contribution < -0.4 is 5.32 Å². The molecule has 3 heteroatoms. The van der Waals surface area contributed by atoms with E-state index < -0.39 is 0 Å². The molecule has 0 saturated heterocycles. The molecular formula is C16H17ClFN. The van der Waals surface area contributed by atoms with Crippen LogP contribution in [-0.2, 0) is 6.54 Å². The fourth-order valence-corrected chi connectivity index (χ4v) is 2.27. The van der Waals surface area contributed by atoms with E-state index >= 15 is 0 Å². The van der Waals surface area contributed by atoms with Gasteiger partial charge in [-0.05, 0) is 37.1 Å². The highest BCUT2D eigenvalue weighted by molar-refractivity contribution is 6.30. The number of rotatable bonds is 4. The lowest BCUT2D eigenvalue weighted by atomic mass is 10.0. The third-order valence-electron chi connectivity index (χ3n) is 3.27. The van der Waals surface area contributed by atoms with Gasteiger partial charge in [0.25, 0.3) is 0 Å². The van der Waals surface area contributed by atoms with Gasteiger partial charge in [-0.3, -0.25) is 0 Å². The predicted octanol–water partition coefficient (Wildman–Crippen LogP) is 4.64. The Morgan fingerprint density at radius 1 is 1.21 bits per heavy atom. The first-order valence-corrected chi connectivity index (χ1v) is 6.68. The van der Waals surface area contributed by atoms with Crippen molar-refractivity contribution in [1.29, 1.82) is 0 Å². The summed E-state index contributed by atoms with van der Waals surface area (Å²) < 4.78 is 13.7. The van der Waals surface area contributed by atoms with Crippen LogP contribution in [0.2, 0.25) is 5.02 Å². The third kappa shape index (κ3) is 3.55. The van der Waals surface area contributed by atoms with Gasteiger partial charge < -0.3 is 5.32 Å². The van der Waals surface area contributed by atoms with E-state index in [1.54, 1.807) is 12.1 Å². The van der Waals surface area contributed by atoms with Gasteiger partial charge in [0, 0.05) is 23.2 Å². The molecule has 0 radical (unpaired) electrons. The molecule has 0 unspecified atom stereocenters. The molecule has 0 aliphatic heterocycles. The van der Waals surface area contributed by atoms with E-state index in [1.165, 1.54) is 17.2 Å². The predicted molar refractivity (Wildman–Crippen MR) is 77.8 cm³/mol. The summed E-state index contributed by atoms with van der Waals surface area (Å²) >= 11 is 5.74. The number of aryl methyl sites for hydroxylation is 1. The van der Waals surface area contributed by atoms with Crippen LogP contribution in [0, 0.1) is 12.7 Å². The van der Waals surface area contributed by atoms with Gasteiger partial charge in [-0.2, -0.15) is 0 Å². The summed E-state index contributed by atoms with van der Waals surface area (Å²) in [5.74, 6) is -0.267. The fraction of sp³-hybridized carbons (Fsp3) is 0.250. The molecule has 2 aromatic carbocycles. The zero-order valence-electron chi connectivity index (χ0n) is 11.1. The van der Waals surface area contributed by atoms with Gasteiger partial charge in [-0.15, -0.1) is 0 Å². The third-order valence-corrected chi connectivity index (χ3v) is 3.50. The quantitative estimate of drug-likeness (QED) is 0.858. The molecule has 0 bridgehead atoms. The van der Waals surface area contributed by atoms with Crippen LogP contribution in [0.3, 0.4) is 0 Å². The molecule has 0 aromatic heterocycles. The first-order valence-electron chi connectivity index (χ1n) is 6.31. The van der Waals surface area contributed by atoms with E-state index in [9.17, 15) is 4.39 Å². The number of hydrogen-bond acceptors (Lipinski definition) is 1. The highest BCUT2D eigenvalue weighted by Crippen LogP contribution is 2.19. The molecule has 2 rings (SSSR count). The van der Waals surface area contributed by atoms with Gasteiger partial charge in [-0.25, -0.2) is 4.39 Å². The van der Waals surface area contributed by atoms with Crippen molar-refractivity contribution in [1.82, 2.24) is 5.32 Å². The van der Waals surface area contributed by atoms with Crippen LogP contribution in [0.15, 0.2) is 42.5 Å². The molecule has 0 aliphatic carbocycles. The zero-order chi connectivity index (χ0) is 13.8. The molecule has 0 fully saturated rings. The minimum absolute atomic E-state index is 0.177. The summed E-state index contributed by atoms with van der Waals surface area (Å²) in [7, 11) is 0. The molecule has 0 heterocycles. The van der Waals surface area contributed by atoms with Crippen molar-refractivity contribution in [2.75, 3.05) is 0 Å². The van der Waals surface area contributed by atoms with Crippen LogP contribution in [0.25, 0.3) is 0 Å². The van der Waals surface area contributed by atoms with E-state index in [0.717, 1.165) is 0 Å². The summed E-state index contributed by atoms with van der Waals surface area (Å²) in [5.41, 5.74) is 3.10. The Bertz CT molecular complexity index is 568. The number of halogens is 2. The van der Waals surface area contributed by atoms with Crippen molar-refractivity contribution in [2.45, 2.75) is 26.4 Å². The summed E-state index contributed by atoms with van der Waals surface area (Å²) in [6, 6.07) is 13.2. The molecule has 1 N–H and O–H groups in total. The monoisotopic (exact) mass is 277 g/mol. The molecule has 0 saturated carbocycles. The summed E-state index contributed by atoms with van der Waals surface area (Å²) in [6.07, 6.45) is 0. The highest BCUT2D eigenvalue weighted by Gasteiger charge is 2.09. The average Bonchev–Trinajstić information content (AvgIpc) is 2.38. The second-order valence-corrected chi connectivity index (χ2v) is 5.13. The van der Waals surface area contributed by atoms with E-state index in [0.29, 0.717) is 17.1 Å². The maximum absolute atomic E-state index is 13.7. The molecule has 2 aromatic rings. The standard InChI is InChI=1S/C16H17ClFN/c1-11-5-3-4-6-15(11)12(2)19-10-13-7-8-14(17)9-16(13)18/h3-9,12,19H,10H2,1-2H3/t12-/m1/s1. The Labute approximate surface area is 118 Å². The van der Waals surface area contributed by atoms with E-state index in [2.05, 4.69) is 31.3 Å². The van der Waals surface area contributed by atoms with Crippen LogP contribution in [0.5, 0.6) is 0 Å². The Kier molecular flexibility index (Phi) is 4.56. The zero-order valence-corrected chi connectivity index (χ0v) is 11.8. The molecule has 0 aliphatic rings. The van der Waals surface area contributed by atoms with Gasteiger partial charge in [0.2, 0.25) is 0 Å². The van der Waals surface area contributed by atoms with E-state index in [4.69, 9.17) is 11.6 Å². The van der Waals surface area contributed by atoms with E-state index in [1.807, 2.05) is 12.1 Å². The number of hydrogen-bond donors (Lipinski definition) is 1. The van der Waals surface area contributed by atoms with Crippen LogP contribution in [0.4, 0.5) is 4.39 Å². The maximum Gasteiger partial charge on any atom is 0.129 e. The Morgan fingerprint density at radius 3 is 2.63 bits per heavy atom. The second-order valence-electron chi connectivity index (χ2n) is 4.69. The molecule has 0 amide bonds. The van der Waals surface area contributed by atoms with Crippen molar-refractivity contribution >= 4 is 11.6 Å². The van der Waals surface area contributed by atoms with Gasteiger partial charge in [-0.1, -0.05) is 41.9 Å². The van der Waals surface area contributed by atoms with Crippen LogP contribution >= 0.6 is 11.6 Å². The van der Waals surface area contributed by atoms with Crippen molar-refractivity contribution in [3.8, 4) is 0 Å². The molecule has 100 valence electrons. The lowest BCUT2D eigenvalue weighted by molar-refractivity contribution is 0.543. The topological polar surface area (TPSA) is 12.0 Å². The van der Waals surface area contributed by atoms with E-state index in [-0.39, 0.29) is 11.9 Å². The minimum Gasteiger partial charge on any atom is -0.306 e. The van der Waals surface area contributed by atoms with Crippen molar-refractivity contribution in [3.05, 3.63) is 70.0 Å². The average molecular weight is 278 g/mol. The number of benzene rings is 2. The lowest BCUT2D eigenvalue weighted by Gasteiger charge is -2.16. The molecule has 1 nitrogen and oxygen atoms in total. The summed E-state index contributed by atoms with van der Waals surface area (Å²) in [5, 5.41) is 3.76. The minimum atomic E-state index is -0.267. The first-order chi connectivity index (χ1) is 9.08. The summed E-state index contributed by atoms with van der Waals surface area (Å²) in [4.78, 5) is 0. The van der Waals surface area contributed by atoms with Crippen molar-refractivity contribution in [2.24, 2.45) is 0 Å². The van der Waals surface area contributed by atoms with Crippen LogP contribution in [0.1, 0.15) is 29.7 Å². The smallest absolute Gasteiger partial charge is 0.129 e. The Morgan fingerprint density at radius 2 is 1.95 bits per heavy atom. The molecule has 19 heavy (non-hydrogen) atoms. The van der Waals surface area contributed by atoms with Crippen LogP contribution in [-0.4, -0.2) is 0 Å². The largest absolute Gasteiger partial charge is 0.306 e. The highest BCUT2D eigenvalue weighted by atomic mass is 35.5. The second kappa shape index (κ2) is 6.18. The summed E-state index contributed by atoms with van der Waals surface area (Å²) in [6.45, 7) is 4.64. The molecular weight excluding hydrogens is 261 g/mol. The SMILES string of the molecule is Cc1ccccc1[C@@H](C)NCc1ccc(Cl)cc1F. The Hall–Kier alpha value is -1.38. The maximum atomic E-state index is 13.7. The van der Waals surface area contributed by atoms with Gasteiger partial charge in [0.05, 0.1) is 0 Å². The number of nitrogens with one attached hydrogen (secondary N) is 1. The normalized spacial score (nSPS) is 12.4. The van der Waals surface area contributed by atoms with Gasteiger partial charge >= 0.3 is 0 Å². The van der Waals surface area contributed by atoms with Crippen molar-refractivity contribution in [3.63, 3.8) is 0 Å². The first kappa shape index (κ1) is 14.0. The Balaban J connectivity index is 2.04. The van der Waals surface area contributed by atoms with Crippen molar-refractivity contribution < 1.29 is 4.39 Å².